The number of carbonyl (C=O) groups is 2. The summed E-state index contributed by atoms with van der Waals surface area (Å²) in [6, 6.07) is -1.19. The number of methoxy groups -OCH3 is 1. The average molecular weight is 302 g/mol. The molecule has 122 valence electrons. The van der Waals surface area contributed by atoms with Gasteiger partial charge in [0.15, 0.2) is 0 Å². The van der Waals surface area contributed by atoms with Gasteiger partial charge in [0.05, 0.1) is 12.7 Å². The number of hydrogen-bond acceptors (Lipinski definition) is 4. The minimum Gasteiger partial charge on any atom is -0.480 e. The molecule has 0 bridgehead atoms. The maximum absolute atomic E-state index is 12.7. The molecule has 2 amide bonds. The van der Waals surface area contributed by atoms with Crippen molar-refractivity contribution in [2.24, 2.45) is 0 Å². The molecule has 2 atom stereocenters. The van der Waals surface area contributed by atoms with E-state index in [0.29, 0.717) is 6.42 Å². The summed E-state index contributed by atoms with van der Waals surface area (Å²) in [7, 11) is 1.52. The zero-order valence-corrected chi connectivity index (χ0v) is 13.0. The minimum absolute atomic E-state index is 0.000639. The van der Waals surface area contributed by atoms with Crippen LogP contribution in [-0.4, -0.2) is 77.0 Å². The van der Waals surface area contributed by atoms with Gasteiger partial charge in [-0.2, -0.15) is 0 Å². The quantitative estimate of drug-likeness (QED) is 0.724. The molecule has 0 radical (unpaired) electrons. The number of rotatable bonds is 7. The lowest BCUT2D eigenvalue weighted by Gasteiger charge is -2.35. The number of carboxylic acid groups (broad SMARTS) is 1. The Hall–Kier alpha value is -1.34. The molecule has 7 heteroatoms. The lowest BCUT2D eigenvalue weighted by Crippen LogP contribution is -2.52. The molecule has 1 aliphatic heterocycles. The van der Waals surface area contributed by atoms with Gasteiger partial charge in [-0.3, -0.25) is 0 Å². The second-order valence-corrected chi connectivity index (χ2v) is 5.27. The van der Waals surface area contributed by atoms with Crippen LogP contribution in [0.25, 0.3) is 0 Å². The third-order valence-corrected chi connectivity index (χ3v) is 4.10. The highest BCUT2D eigenvalue weighted by Gasteiger charge is 2.42. The summed E-state index contributed by atoms with van der Waals surface area (Å²) in [4.78, 5) is 27.0. The molecule has 21 heavy (non-hydrogen) atoms. The molecule has 0 spiro atoms. The molecule has 1 aliphatic rings. The lowest BCUT2D eigenvalue weighted by molar-refractivity contribution is -0.141. The Kier molecular flexibility index (Phi) is 6.91. The van der Waals surface area contributed by atoms with Gasteiger partial charge in [0.25, 0.3) is 0 Å². The van der Waals surface area contributed by atoms with Crippen molar-refractivity contribution in [1.82, 2.24) is 9.80 Å². The number of carboxylic acids is 1. The topological polar surface area (TPSA) is 90.3 Å². The maximum atomic E-state index is 12.7. The molecular formula is C14H26N2O5. The number of likely N-dealkylation sites (tertiary alicyclic amines) is 1. The van der Waals surface area contributed by atoms with E-state index < -0.39 is 12.0 Å². The van der Waals surface area contributed by atoms with Crippen molar-refractivity contribution in [3.63, 3.8) is 0 Å². The van der Waals surface area contributed by atoms with Gasteiger partial charge in [-0.25, -0.2) is 9.59 Å². The molecule has 0 aromatic carbocycles. The number of hydrogen-bond donors (Lipinski definition) is 2. The second kappa shape index (κ2) is 8.19. The smallest absolute Gasteiger partial charge is 0.326 e. The molecule has 0 aliphatic carbocycles. The van der Waals surface area contributed by atoms with Crippen LogP contribution in [0.5, 0.6) is 0 Å². The van der Waals surface area contributed by atoms with Crippen LogP contribution < -0.4 is 0 Å². The van der Waals surface area contributed by atoms with Crippen molar-refractivity contribution in [2.75, 3.05) is 26.8 Å². The van der Waals surface area contributed by atoms with Crippen LogP contribution in [0.1, 0.15) is 33.1 Å². The third-order valence-electron chi connectivity index (χ3n) is 4.10. The van der Waals surface area contributed by atoms with Gasteiger partial charge in [-0.15, -0.1) is 0 Å². The summed E-state index contributed by atoms with van der Waals surface area (Å²) in [5.41, 5.74) is 0. The van der Waals surface area contributed by atoms with E-state index >= 15 is 0 Å². The number of amides is 2. The Morgan fingerprint density at radius 3 is 2.43 bits per heavy atom. The number of aliphatic hydroxyl groups is 1. The highest BCUT2D eigenvalue weighted by Crippen LogP contribution is 2.23. The summed E-state index contributed by atoms with van der Waals surface area (Å²) in [5, 5.41) is 18.5. The van der Waals surface area contributed by atoms with Crippen LogP contribution in [-0.2, 0) is 9.53 Å². The predicted octanol–water partition coefficient (Wildman–Crippen LogP) is 0.763. The fraction of sp³-hybridized carbons (Fsp3) is 0.857. The SMILES string of the molecule is CCC(CC)N(CCO)C(=O)N1CC(OC)CC1C(=O)O. The molecule has 1 heterocycles. The Labute approximate surface area is 125 Å². The van der Waals surface area contributed by atoms with Crippen LogP contribution in [0.15, 0.2) is 0 Å². The molecule has 1 fully saturated rings. The number of urea groups is 1. The molecule has 2 unspecified atom stereocenters. The Morgan fingerprint density at radius 1 is 1.38 bits per heavy atom. The average Bonchev–Trinajstić information content (AvgIpc) is 2.91. The predicted molar refractivity (Wildman–Crippen MR) is 77.1 cm³/mol. The summed E-state index contributed by atoms with van der Waals surface area (Å²) in [6.45, 7) is 4.30. The molecule has 0 saturated carbocycles. The molecule has 2 N–H and O–H groups in total. The number of ether oxygens (including phenoxy) is 1. The number of carbonyl (C=O) groups excluding carboxylic acids is 1. The zero-order valence-electron chi connectivity index (χ0n) is 13.0. The summed E-state index contributed by atoms with van der Waals surface area (Å²) in [5.74, 6) is -1.02. The number of aliphatic carboxylic acids is 1. The molecule has 7 nitrogen and oxygen atoms in total. The Bertz CT molecular complexity index is 359. The first kappa shape index (κ1) is 17.7. The largest absolute Gasteiger partial charge is 0.480 e. The van der Waals surface area contributed by atoms with E-state index in [2.05, 4.69) is 0 Å². The third kappa shape index (κ3) is 4.07. The minimum atomic E-state index is -1.02. The highest BCUT2D eigenvalue weighted by molar-refractivity contribution is 5.83. The van der Waals surface area contributed by atoms with Crippen LogP contribution in [0.3, 0.4) is 0 Å². The number of aliphatic hydroxyl groups excluding tert-OH is 1. The van der Waals surface area contributed by atoms with Crippen molar-refractivity contribution >= 4 is 12.0 Å². The summed E-state index contributed by atoms with van der Waals surface area (Å²) >= 11 is 0. The van der Waals surface area contributed by atoms with Crippen LogP contribution in [0.2, 0.25) is 0 Å². The van der Waals surface area contributed by atoms with E-state index in [0.717, 1.165) is 12.8 Å². The van der Waals surface area contributed by atoms with Gasteiger partial charge in [0, 0.05) is 32.7 Å². The Morgan fingerprint density at radius 2 is 2.00 bits per heavy atom. The first-order valence-electron chi connectivity index (χ1n) is 7.43. The normalized spacial score (nSPS) is 21.9. The van der Waals surface area contributed by atoms with E-state index in [1.807, 2.05) is 13.8 Å². The first-order chi connectivity index (χ1) is 9.99. The zero-order chi connectivity index (χ0) is 16.0. The van der Waals surface area contributed by atoms with Gasteiger partial charge >= 0.3 is 12.0 Å². The van der Waals surface area contributed by atoms with Crippen molar-refractivity contribution in [3.05, 3.63) is 0 Å². The standard InChI is InChI=1S/C14H26N2O5/c1-4-10(5-2)15(6-7-17)14(20)16-9-11(21-3)8-12(16)13(18)19/h10-12,17H,4-9H2,1-3H3,(H,18,19). The molecular weight excluding hydrogens is 276 g/mol. The van der Waals surface area contributed by atoms with E-state index in [4.69, 9.17) is 4.74 Å². The fourth-order valence-corrected chi connectivity index (χ4v) is 2.85. The van der Waals surface area contributed by atoms with Crippen molar-refractivity contribution in [3.8, 4) is 0 Å². The van der Waals surface area contributed by atoms with Gasteiger partial charge in [-0.1, -0.05) is 13.8 Å². The molecule has 1 rings (SSSR count). The van der Waals surface area contributed by atoms with Gasteiger partial charge in [-0.05, 0) is 12.8 Å². The van der Waals surface area contributed by atoms with Gasteiger partial charge in [0.1, 0.15) is 6.04 Å². The second-order valence-electron chi connectivity index (χ2n) is 5.27. The van der Waals surface area contributed by atoms with E-state index in [9.17, 15) is 19.8 Å². The van der Waals surface area contributed by atoms with Crippen molar-refractivity contribution in [2.45, 2.75) is 51.3 Å². The van der Waals surface area contributed by atoms with Gasteiger partial charge in [0.2, 0.25) is 0 Å². The lowest BCUT2D eigenvalue weighted by atomic mass is 10.1. The van der Waals surface area contributed by atoms with Crippen LogP contribution in [0, 0.1) is 0 Å². The van der Waals surface area contributed by atoms with E-state index in [1.165, 1.54) is 12.0 Å². The van der Waals surface area contributed by atoms with E-state index in [-0.39, 0.29) is 37.9 Å². The van der Waals surface area contributed by atoms with Crippen LogP contribution in [0.4, 0.5) is 4.79 Å². The monoisotopic (exact) mass is 302 g/mol. The van der Waals surface area contributed by atoms with Gasteiger partial charge < -0.3 is 24.7 Å². The molecule has 0 aromatic heterocycles. The fourth-order valence-electron chi connectivity index (χ4n) is 2.85. The molecule has 1 saturated heterocycles. The first-order valence-corrected chi connectivity index (χ1v) is 7.43. The summed E-state index contributed by atoms with van der Waals surface area (Å²) < 4.78 is 5.20. The van der Waals surface area contributed by atoms with Crippen molar-refractivity contribution in [1.29, 1.82) is 0 Å². The maximum Gasteiger partial charge on any atom is 0.326 e. The number of nitrogens with zero attached hydrogens (tertiary/aromatic N) is 2. The van der Waals surface area contributed by atoms with E-state index in [1.54, 1.807) is 4.90 Å². The Balaban J connectivity index is 2.92. The summed E-state index contributed by atoms with van der Waals surface area (Å²) in [6.07, 6.45) is 1.57. The van der Waals surface area contributed by atoms with Crippen LogP contribution >= 0.6 is 0 Å². The molecule has 0 aromatic rings. The highest BCUT2D eigenvalue weighted by atomic mass is 16.5. The van der Waals surface area contributed by atoms with Crippen molar-refractivity contribution < 1.29 is 24.5 Å².